The Bertz CT molecular complexity index is 218. The lowest BCUT2D eigenvalue weighted by molar-refractivity contribution is -0.139. The predicted molar refractivity (Wildman–Crippen MR) is 36.8 cm³/mol. The smallest absolute Gasteiger partial charge is 0.322 e. The Hall–Kier alpha value is -1.39. The van der Waals surface area contributed by atoms with Gasteiger partial charge in [-0.3, -0.25) is 9.59 Å². The average Bonchev–Trinajstić information content (AvgIpc) is 2.30. The van der Waals surface area contributed by atoms with Gasteiger partial charge in [0.25, 0.3) is 0 Å². The lowest BCUT2D eigenvalue weighted by Crippen LogP contribution is -2.24. The number of cyclic esters (lactones) is 1. The van der Waals surface area contributed by atoms with Gasteiger partial charge in [-0.1, -0.05) is 0 Å². The monoisotopic (exact) mass is 156 g/mol. The molecule has 5 nitrogen and oxygen atoms in total. The number of nitrogens with zero attached hydrogens (tertiary/aromatic N) is 1. The molecule has 1 fully saturated rings. The molecule has 5 heteroatoms. The van der Waals surface area contributed by atoms with Crippen LogP contribution in [0.5, 0.6) is 0 Å². The summed E-state index contributed by atoms with van der Waals surface area (Å²) in [7, 11) is 0. The molecule has 0 bridgehead atoms. The fourth-order valence-electron chi connectivity index (χ4n) is 0.918. The summed E-state index contributed by atoms with van der Waals surface area (Å²) >= 11 is 0. The second kappa shape index (κ2) is 2.69. The quantitative estimate of drug-likeness (QED) is 0.175. The van der Waals surface area contributed by atoms with E-state index in [4.69, 9.17) is 5.84 Å². The van der Waals surface area contributed by atoms with Crippen molar-refractivity contribution in [3.05, 3.63) is 0 Å². The van der Waals surface area contributed by atoms with Crippen molar-refractivity contribution < 1.29 is 14.3 Å². The molecule has 1 aliphatic rings. The maximum Gasteiger partial charge on any atom is 0.322 e. The van der Waals surface area contributed by atoms with Crippen LogP contribution in [0.15, 0.2) is 5.10 Å². The third kappa shape index (κ3) is 1.21. The molecule has 0 spiro atoms. The number of Topliss-reactive ketones (excluding diaryl/α,β-unsaturated/α-hetero) is 1. The topological polar surface area (TPSA) is 81.8 Å². The van der Waals surface area contributed by atoms with Crippen LogP contribution in [0.25, 0.3) is 0 Å². The fourth-order valence-corrected chi connectivity index (χ4v) is 0.918. The first-order chi connectivity index (χ1) is 5.16. The number of esters is 1. The minimum absolute atomic E-state index is 0.156. The maximum absolute atomic E-state index is 10.9. The SMILES string of the molecule is C/C(=N\N)C1C(=O)COC1=O. The van der Waals surface area contributed by atoms with Crippen molar-refractivity contribution in [3.8, 4) is 0 Å². The van der Waals surface area contributed by atoms with Gasteiger partial charge < -0.3 is 10.6 Å². The van der Waals surface area contributed by atoms with Gasteiger partial charge in [0.15, 0.2) is 18.3 Å². The predicted octanol–water partition coefficient (Wildman–Crippen LogP) is -0.937. The van der Waals surface area contributed by atoms with Crippen LogP contribution in [0.4, 0.5) is 0 Å². The highest BCUT2D eigenvalue weighted by molar-refractivity contribution is 6.21. The van der Waals surface area contributed by atoms with E-state index < -0.39 is 11.9 Å². The van der Waals surface area contributed by atoms with Crippen LogP contribution in [-0.2, 0) is 14.3 Å². The molecule has 0 aromatic heterocycles. The van der Waals surface area contributed by atoms with Gasteiger partial charge in [-0.15, -0.1) is 0 Å². The Morgan fingerprint density at radius 1 is 1.73 bits per heavy atom. The van der Waals surface area contributed by atoms with Crippen molar-refractivity contribution in [2.75, 3.05) is 6.61 Å². The molecule has 0 radical (unpaired) electrons. The van der Waals surface area contributed by atoms with E-state index in [9.17, 15) is 9.59 Å². The highest BCUT2D eigenvalue weighted by atomic mass is 16.5. The highest BCUT2D eigenvalue weighted by Gasteiger charge is 2.37. The van der Waals surface area contributed by atoms with Crippen LogP contribution < -0.4 is 5.84 Å². The molecule has 0 aliphatic carbocycles. The fraction of sp³-hybridized carbons (Fsp3) is 0.500. The summed E-state index contributed by atoms with van der Waals surface area (Å²) in [5.41, 5.74) is 0.303. The van der Waals surface area contributed by atoms with Gasteiger partial charge >= 0.3 is 5.97 Å². The molecule has 11 heavy (non-hydrogen) atoms. The lowest BCUT2D eigenvalue weighted by atomic mass is 10.0. The van der Waals surface area contributed by atoms with Crippen molar-refractivity contribution in [2.24, 2.45) is 16.9 Å². The van der Waals surface area contributed by atoms with Gasteiger partial charge in [0, 0.05) is 0 Å². The van der Waals surface area contributed by atoms with E-state index in [0.29, 0.717) is 5.71 Å². The van der Waals surface area contributed by atoms with E-state index in [1.54, 1.807) is 0 Å². The molecule has 1 saturated heterocycles. The third-order valence-electron chi connectivity index (χ3n) is 1.54. The van der Waals surface area contributed by atoms with Crippen LogP contribution in [0.2, 0.25) is 0 Å². The van der Waals surface area contributed by atoms with Gasteiger partial charge in [0.2, 0.25) is 0 Å². The van der Waals surface area contributed by atoms with Gasteiger partial charge in [-0.25, -0.2) is 0 Å². The van der Waals surface area contributed by atoms with Crippen LogP contribution in [0.1, 0.15) is 6.92 Å². The lowest BCUT2D eigenvalue weighted by Gasteiger charge is -1.99. The van der Waals surface area contributed by atoms with E-state index >= 15 is 0 Å². The number of rotatable bonds is 1. The molecule has 1 unspecified atom stereocenters. The second-order valence-corrected chi connectivity index (χ2v) is 2.28. The number of hydrogen-bond acceptors (Lipinski definition) is 5. The molecule has 0 aromatic rings. The van der Waals surface area contributed by atoms with Crippen molar-refractivity contribution >= 4 is 17.5 Å². The standard InChI is InChI=1S/C6H8N2O3/c1-3(8-7)5-4(9)2-11-6(5)10/h5H,2,7H2,1H3/b8-3+. The summed E-state index contributed by atoms with van der Waals surface area (Å²) < 4.78 is 4.48. The maximum atomic E-state index is 10.9. The second-order valence-electron chi connectivity index (χ2n) is 2.28. The molecule has 60 valence electrons. The zero-order valence-electron chi connectivity index (χ0n) is 6.03. The van der Waals surface area contributed by atoms with Gasteiger partial charge in [0.1, 0.15) is 0 Å². The normalized spacial score (nSPS) is 25.5. The molecule has 0 saturated carbocycles. The van der Waals surface area contributed by atoms with Crippen molar-refractivity contribution in [3.63, 3.8) is 0 Å². The number of ether oxygens (including phenoxy) is 1. The first kappa shape index (κ1) is 7.71. The molecule has 0 aromatic carbocycles. The highest BCUT2D eigenvalue weighted by Crippen LogP contribution is 2.11. The number of carbonyl (C=O) groups is 2. The van der Waals surface area contributed by atoms with Crippen LogP contribution in [0, 0.1) is 5.92 Å². The zero-order valence-corrected chi connectivity index (χ0v) is 6.03. The molecular weight excluding hydrogens is 148 g/mol. The number of nitrogens with two attached hydrogens (primary N) is 1. The first-order valence-electron chi connectivity index (χ1n) is 3.10. The largest absolute Gasteiger partial charge is 0.457 e. The minimum atomic E-state index is -0.861. The van der Waals surface area contributed by atoms with E-state index in [1.165, 1.54) is 6.92 Å². The minimum Gasteiger partial charge on any atom is -0.457 e. The summed E-state index contributed by atoms with van der Waals surface area (Å²) in [5, 5.41) is 3.27. The summed E-state index contributed by atoms with van der Waals surface area (Å²) in [5.74, 6) is 3.21. The molecule has 1 rings (SSSR count). The Kier molecular flexibility index (Phi) is 1.89. The van der Waals surface area contributed by atoms with E-state index in [2.05, 4.69) is 9.84 Å². The van der Waals surface area contributed by atoms with E-state index in [0.717, 1.165) is 0 Å². The Morgan fingerprint density at radius 2 is 2.36 bits per heavy atom. The number of ketones is 1. The van der Waals surface area contributed by atoms with Crippen LogP contribution >= 0.6 is 0 Å². The molecule has 1 atom stereocenters. The van der Waals surface area contributed by atoms with Crippen molar-refractivity contribution in [2.45, 2.75) is 6.92 Å². The number of carbonyl (C=O) groups excluding carboxylic acids is 2. The first-order valence-corrected chi connectivity index (χ1v) is 3.10. The Morgan fingerprint density at radius 3 is 2.73 bits per heavy atom. The van der Waals surface area contributed by atoms with Crippen LogP contribution in [-0.4, -0.2) is 24.1 Å². The summed E-state index contributed by atoms with van der Waals surface area (Å²) in [4.78, 5) is 21.7. The van der Waals surface area contributed by atoms with Crippen LogP contribution in [0.3, 0.4) is 0 Å². The Balaban J connectivity index is 2.85. The number of hydrogen-bond donors (Lipinski definition) is 1. The van der Waals surface area contributed by atoms with Crippen molar-refractivity contribution in [1.82, 2.24) is 0 Å². The molecule has 1 heterocycles. The van der Waals surface area contributed by atoms with E-state index in [1.807, 2.05) is 0 Å². The summed E-state index contributed by atoms with van der Waals surface area (Å²) in [6, 6.07) is 0. The number of hydrazone groups is 1. The molecule has 0 amide bonds. The third-order valence-corrected chi connectivity index (χ3v) is 1.54. The Labute approximate surface area is 63.2 Å². The molecular formula is C6H8N2O3. The van der Waals surface area contributed by atoms with E-state index in [-0.39, 0.29) is 12.4 Å². The van der Waals surface area contributed by atoms with Gasteiger partial charge in [-0.2, -0.15) is 5.10 Å². The van der Waals surface area contributed by atoms with Gasteiger partial charge in [-0.05, 0) is 6.92 Å². The van der Waals surface area contributed by atoms with Crippen molar-refractivity contribution in [1.29, 1.82) is 0 Å². The average molecular weight is 156 g/mol. The molecule has 2 N–H and O–H groups in total. The zero-order chi connectivity index (χ0) is 8.43. The molecule has 1 aliphatic heterocycles. The summed E-state index contributed by atoms with van der Waals surface area (Å²) in [6.45, 7) is 1.37. The van der Waals surface area contributed by atoms with Gasteiger partial charge in [0.05, 0.1) is 5.71 Å². The summed E-state index contributed by atoms with van der Waals surface area (Å²) in [6.07, 6.45) is 0.